The number of hydrogen-bond acceptors (Lipinski definition) is 6. The van der Waals surface area contributed by atoms with Gasteiger partial charge in [0.15, 0.2) is 0 Å². The van der Waals surface area contributed by atoms with Crippen LogP contribution >= 0.6 is 0 Å². The molecule has 1 aliphatic heterocycles. The number of rotatable bonds is 6. The highest BCUT2D eigenvalue weighted by Gasteiger charge is 2.34. The smallest absolute Gasteiger partial charge is 0.337 e. The minimum absolute atomic E-state index is 0.0977. The molecule has 0 atom stereocenters. The Morgan fingerprint density at radius 1 is 1.21 bits per heavy atom. The minimum atomic E-state index is -0.572. The van der Waals surface area contributed by atoms with E-state index in [1.165, 1.54) is 12.0 Å². The van der Waals surface area contributed by atoms with Gasteiger partial charge in [0, 0.05) is 23.2 Å². The van der Waals surface area contributed by atoms with Gasteiger partial charge in [0.2, 0.25) is 0 Å². The molecule has 29 heavy (non-hydrogen) atoms. The van der Waals surface area contributed by atoms with Gasteiger partial charge in [0.25, 0.3) is 5.91 Å². The molecule has 0 bridgehead atoms. The fraction of sp³-hybridized carbons (Fsp3) is 0.182. The first-order valence-corrected chi connectivity index (χ1v) is 9.18. The number of nitrogens with zero attached hydrogens (tertiary/aromatic N) is 1. The van der Waals surface area contributed by atoms with Crippen molar-refractivity contribution >= 4 is 28.5 Å². The SMILES string of the molecule is COC(=O)C1=C(Nc2ccc3oc(-c4ccccc4)cc3c2)C(=O)N(CCO)C1. The topological polar surface area (TPSA) is 92.0 Å². The van der Waals surface area contributed by atoms with Crippen molar-refractivity contribution in [1.29, 1.82) is 0 Å². The molecule has 2 aromatic carbocycles. The zero-order chi connectivity index (χ0) is 20.4. The summed E-state index contributed by atoms with van der Waals surface area (Å²) in [6.07, 6.45) is 0. The van der Waals surface area contributed by atoms with Crippen molar-refractivity contribution in [3.05, 3.63) is 65.9 Å². The third-order valence-electron chi connectivity index (χ3n) is 4.80. The number of benzene rings is 2. The molecule has 0 fully saturated rings. The first-order valence-electron chi connectivity index (χ1n) is 9.18. The lowest BCUT2D eigenvalue weighted by Gasteiger charge is -2.15. The monoisotopic (exact) mass is 392 g/mol. The molecule has 2 heterocycles. The maximum absolute atomic E-state index is 12.7. The van der Waals surface area contributed by atoms with E-state index in [9.17, 15) is 9.59 Å². The van der Waals surface area contributed by atoms with E-state index in [2.05, 4.69) is 5.32 Å². The molecule has 4 rings (SSSR count). The number of methoxy groups -OCH3 is 1. The number of aliphatic hydroxyl groups is 1. The maximum Gasteiger partial charge on any atom is 0.337 e. The van der Waals surface area contributed by atoms with Crippen LogP contribution in [0.5, 0.6) is 0 Å². The summed E-state index contributed by atoms with van der Waals surface area (Å²) in [5.74, 6) is -0.174. The van der Waals surface area contributed by atoms with Gasteiger partial charge in [-0.05, 0) is 24.3 Å². The number of carbonyl (C=O) groups excluding carboxylic acids is 2. The standard InChI is InChI=1S/C22H20N2O5/c1-28-22(27)17-13-24(9-10-25)21(26)20(17)23-16-7-8-18-15(11-16)12-19(29-18)14-5-3-2-4-6-14/h2-8,11-12,23,25H,9-10,13H2,1H3. The number of hydrogen-bond donors (Lipinski definition) is 2. The molecule has 0 saturated carbocycles. The third-order valence-corrected chi connectivity index (χ3v) is 4.80. The molecule has 1 aliphatic rings. The van der Waals surface area contributed by atoms with Crippen molar-refractivity contribution in [2.75, 3.05) is 32.1 Å². The van der Waals surface area contributed by atoms with Gasteiger partial charge in [-0.15, -0.1) is 0 Å². The summed E-state index contributed by atoms with van der Waals surface area (Å²) >= 11 is 0. The lowest BCUT2D eigenvalue weighted by Crippen LogP contribution is -2.31. The van der Waals surface area contributed by atoms with Gasteiger partial charge in [-0.1, -0.05) is 30.3 Å². The number of anilines is 1. The van der Waals surface area contributed by atoms with E-state index in [0.717, 1.165) is 22.3 Å². The number of β-amino-alcohol motifs (C(OH)–C–C–N with tert-alkyl or cyclic N) is 1. The van der Waals surface area contributed by atoms with Crippen LogP contribution in [0.15, 0.2) is 70.3 Å². The fourth-order valence-corrected chi connectivity index (χ4v) is 3.36. The molecular weight excluding hydrogens is 372 g/mol. The van der Waals surface area contributed by atoms with E-state index in [-0.39, 0.29) is 36.9 Å². The molecule has 2 N–H and O–H groups in total. The molecule has 0 aliphatic carbocycles. The predicted molar refractivity (Wildman–Crippen MR) is 108 cm³/mol. The van der Waals surface area contributed by atoms with Crippen LogP contribution in [0.1, 0.15) is 0 Å². The molecule has 0 unspecified atom stereocenters. The molecule has 0 saturated heterocycles. The second-order valence-corrected chi connectivity index (χ2v) is 6.65. The van der Waals surface area contributed by atoms with Gasteiger partial charge >= 0.3 is 5.97 Å². The summed E-state index contributed by atoms with van der Waals surface area (Å²) in [4.78, 5) is 26.2. The van der Waals surface area contributed by atoms with Crippen LogP contribution in [0.2, 0.25) is 0 Å². The fourth-order valence-electron chi connectivity index (χ4n) is 3.36. The second kappa shape index (κ2) is 7.81. The molecule has 0 spiro atoms. The van der Waals surface area contributed by atoms with E-state index >= 15 is 0 Å². The number of aliphatic hydroxyl groups excluding tert-OH is 1. The molecule has 3 aromatic rings. The van der Waals surface area contributed by atoms with Crippen LogP contribution < -0.4 is 5.32 Å². The summed E-state index contributed by atoms with van der Waals surface area (Å²) in [6, 6.07) is 17.2. The highest BCUT2D eigenvalue weighted by Crippen LogP contribution is 2.30. The Bertz CT molecular complexity index is 1100. The molecule has 1 amide bonds. The minimum Gasteiger partial charge on any atom is -0.466 e. The Balaban J connectivity index is 1.65. The zero-order valence-corrected chi connectivity index (χ0v) is 15.8. The van der Waals surface area contributed by atoms with Gasteiger partial charge in [-0.25, -0.2) is 4.79 Å². The summed E-state index contributed by atoms with van der Waals surface area (Å²) in [7, 11) is 1.27. The van der Waals surface area contributed by atoms with Crippen molar-refractivity contribution in [2.45, 2.75) is 0 Å². The Morgan fingerprint density at radius 3 is 2.72 bits per heavy atom. The number of amides is 1. The van der Waals surface area contributed by atoms with Crippen LogP contribution in [0, 0.1) is 0 Å². The Hall–Kier alpha value is -3.58. The lowest BCUT2D eigenvalue weighted by molar-refractivity contribution is -0.136. The average Bonchev–Trinajstić information content (AvgIpc) is 3.30. The normalized spacial score (nSPS) is 14.0. The van der Waals surface area contributed by atoms with Gasteiger partial charge in [-0.2, -0.15) is 0 Å². The van der Waals surface area contributed by atoms with Crippen LogP contribution in [0.3, 0.4) is 0 Å². The number of furan rings is 1. The van der Waals surface area contributed by atoms with Crippen molar-refractivity contribution in [1.82, 2.24) is 4.90 Å². The summed E-state index contributed by atoms with van der Waals surface area (Å²) < 4.78 is 10.7. The molecular formula is C22H20N2O5. The Labute approximate surface area is 167 Å². The lowest BCUT2D eigenvalue weighted by atomic mass is 10.1. The van der Waals surface area contributed by atoms with Crippen molar-refractivity contribution in [3.8, 4) is 11.3 Å². The molecule has 7 nitrogen and oxygen atoms in total. The average molecular weight is 392 g/mol. The number of fused-ring (bicyclic) bond motifs is 1. The third kappa shape index (κ3) is 3.60. The maximum atomic E-state index is 12.7. The largest absolute Gasteiger partial charge is 0.466 e. The van der Waals surface area contributed by atoms with Crippen molar-refractivity contribution in [2.24, 2.45) is 0 Å². The van der Waals surface area contributed by atoms with Gasteiger partial charge in [0.05, 0.1) is 25.8 Å². The Morgan fingerprint density at radius 2 is 2.00 bits per heavy atom. The van der Waals surface area contributed by atoms with E-state index in [1.807, 2.05) is 48.5 Å². The quantitative estimate of drug-likeness (QED) is 0.627. The van der Waals surface area contributed by atoms with Gasteiger partial charge in [0.1, 0.15) is 17.0 Å². The molecule has 148 valence electrons. The van der Waals surface area contributed by atoms with E-state index in [1.54, 1.807) is 6.07 Å². The van der Waals surface area contributed by atoms with Crippen molar-refractivity contribution in [3.63, 3.8) is 0 Å². The van der Waals surface area contributed by atoms with E-state index in [0.29, 0.717) is 5.69 Å². The van der Waals surface area contributed by atoms with Crippen LogP contribution in [0.25, 0.3) is 22.3 Å². The second-order valence-electron chi connectivity index (χ2n) is 6.65. The van der Waals surface area contributed by atoms with Gasteiger partial charge in [-0.3, -0.25) is 4.79 Å². The summed E-state index contributed by atoms with van der Waals surface area (Å²) in [6.45, 7) is 0.0585. The first kappa shape index (κ1) is 18.8. The number of esters is 1. The van der Waals surface area contributed by atoms with Crippen molar-refractivity contribution < 1.29 is 23.8 Å². The molecule has 7 heteroatoms. The van der Waals surface area contributed by atoms with Crippen LogP contribution in [0.4, 0.5) is 5.69 Å². The molecule has 0 radical (unpaired) electrons. The number of carbonyl (C=O) groups is 2. The summed E-state index contributed by atoms with van der Waals surface area (Å²) in [5.41, 5.74) is 2.74. The Kier molecular flexibility index (Phi) is 5.05. The number of nitrogens with one attached hydrogen (secondary N) is 1. The predicted octanol–water partition coefficient (Wildman–Crippen LogP) is 2.77. The molecule has 1 aromatic heterocycles. The highest BCUT2D eigenvalue weighted by atomic mass is 16.5. The first-order chi connectivity index (χ1) is 14.1. The highest BCUT2D eigenvalue weighted by molar-refractivity contribution is 6.08. The number of ether oxygens (including phenoxy) is 1. The van der Waals surface area contributed by atoms with Crippen LogP contribution in [-0.2, 0) is 14.3 Å². The van der Waals surface area contributed by atoms with Crippen LogP contribution in [-0.4, -0.2) is 48.7 Å². The van der Waals surface area contributed by atoms with Gasteiger partial charge < -0.3 is 24.5 Å². The van der Waals surface area contributed by atoms with E-state index < -0.39 is 5.97 Å². The zero-order valence-electron chi connectivity index (χ0n) is 15.8. The summed E-state index contributed by atoms with van der Waals surface area (Å²) in [5, 5.41) is 13.1. The van der Waals surface area contributed by atoms with E-state index in [4.69, 9.17) is 14.3 Å².